The monoisotopic (exact) mass is 837 g/mol. The summed E-state index contributed by atoms with van der Waals surface area (Å²) in [5.41, 5.74) is 1.28. The second kappa shape index (κ2) is 20.6. The van der Waals surface area contributed by atoms with Crippen LogP contribution in [-0.4, -0.2) is 142 Å². The summed E-state index contributed by atoms with van der Waals surface area (Å²) in [5.74, 6) is -3.97. The van der Waals surface area contributed by atoms with Crippen molar-refractivity contribution in [2.75, 3.05) is 41.3 Å². The van der Waals surface area contributed by atoms with Crippen molar-refractivity contribution >= 4 is 35.5 Å². The van der Waals surface area contributed by atoms with Gasteiger partial charge in [-0.05, 0) is 69.0 Å². The lowest BCUT2D eigenvalue weighted by Crippen LogP contribution is -2.61. The number of hydrogen-bond acceptors (Lipinski definition) is 10. The highest BCUT2D eigenvalue weighted by Gasteiger charge is 2.47. The van der Waals surface area contributed by atoms with E-state index in [4.69, 9.17) is 9.47 Å². The van der Waals surface area contributed by atoms with Gasteiger partial charge >= 0.3 is 5.97 Å². The minimum Gasteiger partial charge on any atom is -0.495 e. The summed E-state index contributed by atoms with van der Waals surface area (Å²) in [6.45, 7) is 15.3. The zero-order valence-electron chi connectivity index (χ0n) is 37.6. The Kier molecular flexibility index (Phi) is 16.4. The Morgan fingerprint density at radius 1 is 0.783 bits per heavy atom. The summed E-state index contributed by atoms with van der Waals surface area (Å²) in [5, 5.41) is 13.9. The van der Waals surface area contributed by atoms with Crippen LogP contribution in [0.15, 0.2) is 36.4 Å². The number of aromatic nitrogens is 1. The Labute approximate surface area is 355 Å². The van der Waals surface area contributed by atoms with Gasteiger partial charge in [0.25, 0.3) is 5.91 Å². The first-order valence-electron chi connectivity index (χ1n) is 21.3. The number of aromatic hydroxyl groups is 1. The lowest BCUT2D eigenvalue weighted by Gasteiger charge is -2.38. The van der Waals surface area contributed by atoms with Gasteiger partial charge in [0.1, 0.15) is 29.9 Å². The topological polar surface area (TPSA) is 171 Å². The van der Waals surface area contributed by atoms with Gasteiger partial charge in [-0.15, -0.1) is 0 Å². The first-order valence-corrected chi connectivity index (χ1v) is 21.3. The van der Waals surface area contributed by atoms with E-state index < -0.39 is 65.9 Å². The molecular formula is C45H68N6O9. The summed E-state index contributed by atoms with van der Waals surface area (Å²) in [6.07, 6.45) is 0.731. The fourth-order valence-corrected chi connectivity index (χ4v) is 8.76. The van der Waals surface area contributed by atoms with Crippen molar-refractivity contribution in [3.05, 3.63) is 47.7 Å². The summed E-state index contributed by atoms with van der Waals surface area (Å²) < 4.78 is 12.6. The molecule has 15 heteroatoms. The Bertz CT molecular complexity index is 1830. The van der Waals surface area contributed by atoms with Crippen LogP contribution in [0.1, 0.15) is 97.1 Å². The number of amides is 4. The van der Waals surface area contributed by atoms with Crippen molar-refractivity contribution in [2.45, 2.75) is 124 Å². The fraction of sp³-hybridized carbons (Fsp3) is 0.644. The molecule has 4 rings (SSSR count). The number of ether oxygens (including phenoxy) is 2. The van der Waals surface area contributed by atoms with Crippen LogP contribution >= 0.6 is 0 Å². The van der Waals surface area contributed by atoms with Crippen LogP contribution in [0.4, 0.5) is 0 Å². The van der Waals surface area contributed by atoms with Crippen LogP contribution in [-0.2, 0) is 35.1 Å². The number of likely N-dealkylation sites (tertiary alicyclic amines) is 2. The van der Waals surface area contributed by atoms with E-state index in [1.54, 1.807) is 20.9 Å². The number of likely N-dealkylation sites (N-methyl/N-ethyl adjacent to an activating group) is 2. The summed E-state index contributed by atoms with van der Waals surface area (Å²) in [7, 11) is 6.65. The maximum absolute atomic E-state index is 14.5. The molecule has 6 atom stereocenters. The smallest absolute Gasteiger partial charge is 0.329 e. The number of nitrogens with zero attached hydrogens (tertiary/aromatic N) is 5. The van der Waals surface area contributed by atoms with E-state index in [0.717, 1.165) is 10.1 Å². The van der Waals surface area contributed by atoms with E-state index in [9.17, 15) is 33.9 Å². The summed E-state index contributed by atoms with van der Waals surface area (Å²) >= 11 is 0. The molecule has 2 aliphatic rings. The van der Waals surface area contributed by atoms with Crippen LogP contribution < -0.4 is 10.1 Å². The second-order valence-corrected chi connectivity index (χ2v) is 17.9. The molecule has 0 radical (unpaired) electrons. The molecule has 332 valence electrons. The van der Waals surface area contributed by atoms with Gasteiger partial charge in [-0.2, -0.15) is 0 Å². The standard InChI is InChI=1S/C45H68N6O9/c1-26(2)36(46-40(53)37(27(3)4)47(9)10)42(55)48(11)38(28(5)6)43(56)49-22-16-20-31(49)41(54)50-23-17-21-32(50)45(58)60-39(29(7)8)44(57)51-33(34(59-12)25-35(51)52)24-30-18-14-13-15-19-30/h13-15,18-19,25-29,31-32,36-39,52H,16-17,20-24H2,1-12H3,(H,46,53)/t31-,32-,36?,37-,38-,39?/m0/s1. The predicted molar refractivity (Wildman–Crippen MR) is 227 cm³/mol. The lowest BCUT2D eigenvalue weighted by molar-refractivity contribution is -0.160. The van der Waals surface area contributed by atoms with Crippen LogP contribution in [0, 0.1) is 23.7 Å². The van der Waals surface area contributed by atoms with Gasteiger partial charge in [-0.25, -0.2) is 9.36 Å². The highest BCUT2D eigenvalue weighted by molar-refractivity contribution is 5.96. The average molecular weight is 837 g/mol. The first-order chi connectivity index (χ1) is 28.2. The van der Waals surface area contributed by atoms with Gasteiger partial charge < -0.3 is 34.6 Å². The molecule has 2 N–H and O–H groups in total. The molecule has 0 bridgehead atoms. The second-order valence-electron chi connectivity index (χ2n) is 17.9. The summed E-state index contributed by atoms with van der Waals surface area (Å²) in [4.78, 5) is 90.9. The average Bonchev–Trinajstić information content (AvgIpc) is 3.94. The molecule has 2 aromatic rings. The third kappa shape index (κ3) is 10.5. The quantitative estimate of drug-likeness (QED) is 0.220. The van der Waals surface area contributed by atoms with E-state index in [0.29, 0.717) is 43.7 Å². The van der Waals surface area contributed by atoms with E-state index in [-0.39, 0.29) is 48.4 Å². The molecule has 0 aliphatic carbocycles. The van der Waals surface area contributed by atoms with Crippen molar-refractivity contribution < 1.29 is 43.3 Å². The van der Waals surface area contributed by atoms with E-state index >= 15 is 0 Å². The highest BCUT2D eigenvalue weighted by Crippen LogP contribution is 2.33. The van der Waals surface area contributed by atoms with Gasteiger partial charge in [0, 0.05) is 32.6 Å². The maximum Gasteiger partial charge on any atom is 0.329 e. The number of methoxy groups -OCH3 is 1. The molecule has 2 saturated heterocycles. The minimum atomic E-state index is -1.30. The Balaban J connectivity index is 1.53. The summed E-state index contributed by atoms with van der Waals surface area (Å²) in [6, 6.07) is 6.63. The van der Waals surface area contributed by atoms with Crippen molar-refractivity contribution in [2.24, 2.45) is 23.7 Å². The molecule has 2 fully saturated rings. The molecule has 60 heavy (non-hydrogen) atoms. The van der Waals surface area contributed by atoms with Gasteiger partial charge in [0.15, 0.2) is 6.10 Å². The lowest BCUT2D eigenvalue weighted by atomic mass is 9.96. The van der Waals surface area contributed by atoms with Crippen LogP contribution in [0.25, 0.3) is 0 Å². The number of rotatable bonds is 17. The zero-order chi connectivity index (χ0) is 44.7. The third-order valence-corrected chi connectivity index (χ3v) is 11.8. The SMILES string of the molecule is COc1cc(O)n(C(=O)C(OC(=O)[C@@H]2CCCN2C(=O)[C@@H]2CCCN2C(=O)[C@H](C(C)C)N(C)C(=O)C(NC(=O)[C@H](C(C)C)N(C)C)C(C)C)C(C)C)c1Cc1ccccc1. The number of hydrogen-bond donors (Lipinski definition) is 2. The maximum atomic E-state index is 14.5. The fourth-order valence-electron chi connectivity index (χ4n) is 8.76. The highest BCUT2D eigenvalue weighted by atomic mass is 16.6. The molecule has 3 heterocycles. The minimum absolute atomic E-state index is 0.00583. The molecule has 0 saturated carbocycles. The molecule has 4 amide bonds. The van der Waals surface area contributed by atoms with Gasteiger partial charge in [-0.3, -0.25) is 28.9 Å². The Morgan fingerprint density at radius 3 is 1.90 bits per heavy atom. The predicted octanol–water partition coefficient (Wildman–Crippen LogP) is 4.19. The Hall–Kier alpha value is -4.92. The normalized spacial score (nSPS) is 18.9. The van der Waals surface area contributed by atoms with E-state index in [1.165, 1.54) is 27.9 Å². The number of carbonyl (C=O) groups excluding carboxylic acids is 6. The first kappa shape index (κ1) is 47.8. The third-order valence-electron chi connectivity index (χ3n) is 11.8. The largest absolute Gasteiger partial charge is 0.495 e. The number of benzene rings is 1. The molecule has 2 aliphatic heterocycles. The van der Waals surface area contributed by atoms with Crippen molar-refractivity contribution in [1.29, 1.82) is 0 Å². The molecular weight excluding hydrogens is 769 g/mol. The van der Waals surface area contributed by atoms with E-state index in [1.807, 2.05) is 90.9 Å². The van der Waals surface area contributed by atoms with Gasteiger partial charge in [-0.1, -0.05) is 85.7 Å². The number of carbonyl (C=O) groups is 6. The molecule has 1 aromatic carbocycles. The zero-order valence-corrected chi connectivity index (χ0v) is 37.6. The van der Waals surface area contributed by atoms with Crippen LogP contribution in [0.2, 0.25) is 0 Å². The number of esters is 1. The van der Waals surface area contributed by atoms with Crippen molar-refractivity contribution in [1.82, 2.24) is 29.5 Å². The molecule has 0 spiro atoms. The number of nitrogens with one attached hydrogen (secondary N) is 1. The molecule has 15 nitrogen and oxygen atoms in total. The van der Waals surface area contributed by atoms with Crippen LogP contribution in [0.5, 0.6) is 11.6 Å². The van der Waals surface area contributed by atoms with Crippen LogP contribution in [0.3, 0.4) is 0 Å². The Morgan fingerprint density at radius 2 is 1.37 bits per heavy atom. The molecule has 2 unspecified atom stereocenters. The van der Waals surface area contributed by atoms with Crippen molar-refractivity contribution in [3.63, 3.8) is 0 Å². The van der Waals surface area contributed by atoms with Gasteiger partial charge in [0.2, 0.25) is 29.5 Å². The molecule has 1 aromatic heterocycles. The van der Waals surface area contributed by atoms with E-state index in [2.05, 4.69) is 5.32 Å². The van der Waals surface area contributed by atoms with Crippen molar-refractivity contribution in [3.8, 4) is 11.6 Å². The van der Waals surface area contributed by atoms with Gasteiger partial charge in [0.05, 0.1) is 18.8 Å².